The van der Waals surface area contributed by atoms with Gasteiger partial charge in [0, 0.05) is 30.0 Å². The summed E-state index contributed by atoms with van der Waals surface area (Å²) >= 11 is 1.44. The van der Waals surface area contributed by atoms with E-state index in [4.69, 9.17) is 8.92 Å². The van der Waals surface area contributed by atoms with Gasteiger partial charge < -0.3 is 8.92 Å². The first-order chi connectivity index (χ1) is 9.39. The third-order valence-electron chi connectivity index (χ3n) is 2.54. The highest BCUT2D eigenvalue weighted by Gasteiger charge is 2.19. The van der Waals surface area contributed by atoms with Crippen LogP contribution in [0.15, 0.2) is 29.2 Å². The molecule has 20 heavy (non-hydrogen) atoms. The number of benzene rings is 1. The lowest BCUT2D eigenvalue weighted by Gasteiger charge is -2.24. The summed E-state index contributed by atoms with van der Waals surface area (Å²) in [6.07, 6.45) is 1.18. The molecule has 116 valence electrons. The predicted molar refractivity (Wildman–Crippen MR) is 89.3 cm³/mol. The molecule has 0 N–H and O–H groups in total. The van der Waals surface area contributed by atoms with E-state index in [2.05, 4.69) is 58.9 Å². The zero-order valence-electron chi connectivity index (χ0n) is 14.0. The minimum Gasteiger partial charge on any atom is -0.379 e. The highest BCUT2D eigenvalue weighted by molar-refractivity contribution is 7.94. The van der Waals surface area contributed by atoms with Crippen molar-refractivity contribution in [3.63, 3.8) is 0 Å². The van der Waals surface area contributed by atoms with Gasteiger partial charge in [-0.1, -0.05) is 31.5 Å². The maximum absolute atomic E-state index is 5.87. The topological polar surface area (TPSA) is 18.5 Å². The van der Waals surface area contributed by atoms with E-state index in [-0.39, 0.29) is 11.7 Å². The highest BCUT2D eigenvalue weighted by atomic mass is 32.2. The molecule has 0 atom stereocenters. The fraction of sp³-hybridized carbons (Fsp3) is 0.647. The van der Waals surface area contributed by atoms with E-state index < -0.39 is 0 Å². The quantitative estimate of drug-likeness (QED) is 0.607. The van der Waals surface area contributed by atoms with Gasteiger partial charge in [-0.3, -0.25) is 0 Å². The summed E-state index contributed by atoms with van der Waals surface area (Å²) in [6, 6.07) is 8.36. The van der Waals surface area contributed by atoms with Gasteiger partial charge in [0.15, 0.2) is 0 Å². The maximum atomic E-state index is 5.87. The van der Waals surface area contributed by atoms with Crippen molar-refractivity contribution in [3.8, 4) is 0 Å². The average Bonchev–Trinajstić information content (AvgIpc) is 2.40. The molecule has 0 amide bonds. The number of hydrogen-bond donors (Lipinski definition) is 0. The zero-order chi connectivity index (χ0) is 15.6. The van der Waals surface area contributed by atoms with Gasteiger partial charge in [-0.2, -0.15) is 0 Å². The molecule has 2 nitrogen and oxygen atoms in total. The van der Waals surface area contributed by atoms with Gasteiger partial charge in [-0.15, -0.1) is 0 Å². The molecular formula is C17H30O2S. The van der Waals surface area contributed by atoms with Gasteiger partial charge in [-0.25, -0.2) is 0 Å². The fourth-order valence-electron chi connectivity index (χ4n) is 1.34. The number of hydrogen-bond acceptors (Lipinski definition) is 3. The first-order valence-electron chi connectivity index (χ1n) is 7.43. The Morgan fingerprint density at radius 3 is 2.15 bits per heavy atom. The Bertz CT molecular complexity index is 345. The largest absolute Gasteiger partial charge is 0.379 e. The molecule has 0 heterocycles. The van der Waals surface area contributed by atoms with Crippen molar-refractivity contribution in [3.05, 3.63) is 29.8 Å². The van der Waals surface area contributed by atoms with Crippen molar-refractivity contribution >= 4 is 12.0 Å². The van der Waals surface area contributed by atoms with Crippen LogP contribution in [0.3, 0.4) is 0 Å². The van der Waals surface area contributed by atoms with Crippen molar-refractivity contribution in [2.75, 3.05) is 6.61 Å². The summed E-state index contributed by atoms with van der Waals surface area (Å²) in [7, 11) is 0. The van der Waals surface area contributed by atoms with Gasteiger partial charge >= 0.3 is 0 Å². The summed E-state index contributed by atoms with van der Waals surface area (Å²) in [5, 5.41) is 0. The molecule has 3 heteroatoms. The van der Waals surface area contributed by atoms with Crippen molar-refractivity contribution < 1.29 is 8.92 Å². The monoisotopic (exact) mass is 298 g/mol. The smallest absolute Gasteiger partial charge is 0.0799 e. The molecule has 0 unspecified atom stereocenters. The number of aryl methyl sites for hydroxylation is 1. The third-order valence-corrected chi connectivity index (χ3v) is 3.54. The molecule has 1 rings (SSSR count). The predicted octanol–water partition coefficient (Wildman–Crippen LogP) is 5.64. The van der Waals surface area contributed by atoms with Crippen LogP contribution in [0, 0.1) is 6.92 Å². The Balaban J connectivity index is 0.00000172. The van der Waals surface area contributed by atoms with Crippen LogP contribution < -0.4 is 0 Å². The van der Waals surface area contributed by atoms with Gasteiger partial charge in [0.25, 0.3) is 0 Å². The van der Waals surface area contributed by atoms with Crippen LogP contribution in [0.5, 0.6) is 0 Å². The van der Waals surface area contributed by atoms with Gasteiger partial charge in [0.1, 0.15) is 0 Å². The molecule has 0 spiro atoms. The molecule has 0 bridgehead atoms. The summed E-state index contributed by atoms with van der Waals surface area (Å²) in [5.41, 5.74) is 1.09. The first-order valence-corrected chi connectivity index (χ1v) is 8.17. The van der Waals surface area contributed by atoms with E-state index in [1.165, 1.54) is 17.6 Å². The van der Waals surface area contributed by atoms with Crippen LogP contribution in [0.2, 0.25) is 0 Å². The molecule has 0 aliphatic rings. The molecule has 0 saturated carbocycles. The van der Waals surface area contributed by atoms with Gasteiger partial charge in [0.05, 0.1) is 11.7 Å². The summed E-state index contributed by atoms with van der Waals surface area (Å²) < 4.78 is 11.4. The second kappa shape index (κ2) is 10.3. The lowest BCUT2D eigenvalue weighted by molar-refractivity contribution is 0.0319. The molecular weight excluding hydrogens is 268 g/mol. The Labute approximate surface area is 129 Å². The van der Waals surface area contributed by atoms with Gasteiger partial charge in [0.2, 0.25) is 0 Å². The minimum absolute atomic E-state index is 0.176. The van der Waals surface area contributed by atoms with Crippen LogP contribution >= 0.6 is 12.0 Å². The number of rotatable bonds is 7. The van der Waals surface area contributed by atoms with Crippen molar-refractivity contribution in [2.24, 2.45) is 0 Å². The molecule has 1 aromatic rings. The lowest BCUT2D eigenvalue weighted by atomic mass is 10.1. The molecule has 0 saturated heterocycles. The van der Waals surface area contributed by atoms with Gasteiger partial charge in [-0.05, 0) is 46.8 Å². The van der Waals surface area contributed by atoms with Crippen LogP contribution in [0.4, 0.5) is 0 Å². The van der Waals surface area contributed by atoms with E-state index >= 15 is 0 Å². The van der Waals surface area contributed by atoms with E-state index in [0.29, 0.717) is 0 Å². The van der Waals surface area contributed by atoms with Crippen LogP contribution in [-0.4, -0.2) is 18.3 Å². The molecule has 1 aromatic carbocycles. The standard InChI is InChI=1S/C15H24O2S.C2H6/c1-12(2)16-11-10-15(4,5)17-18-14-8-6-13(3)7-9-14;1-2/h6-9,12H,10-11H2,1-5H3;1-2H3. The minimum atomic E-state index is -0.176. The van der Waals surface area contributed by atoms with Crippen LogP contribution in [0.1, 0.15) is 53.5 Å². The first kappa shape index (κ1) is 19.5. The van der Waals surface area contributed by atoms with Crippen molar-refractivity contribution in [2.45, 2.75) is 71.5 Å². The highest BCUT2D eigenvalue weighted by Crippen LogP contribution is 2.28. The van der Waals surface area contributed by atoms with Crippen molar-refractivity contribution in [1.82, 2.24) is 0 Å². The van der Waals surface area contributed by atoms with Crippen LogP contribution in [0.25, 0.3) is 0 Å². The number of ether oxygens (including phenoxy) is 1. The normalized spacial score (nSPS) is 11.2. The maximum Gasteiger partial charge on any atom is 0.0799 e. The van der Waals surface area contributed by atoms with Crippen molar-refractivity contribution in [1.29, 1.82) is 0 Å². The Morgan fingerprint density at radius 1 is 1.10 bits per heavy atom. The molecule has 0 radical (unpaired) electrons. The van der Waals surface area contributed by atoms with E-state index in [9.17, 15) is 0 Å². The van der Waals surface area contributed by atoms with E-state index in [1.54, 1.807) is 0 Å². The fourth-order valence-corrected chi connectivity index (χ4v) is 1.99. The summed E-state index contributed by atoms with van der Waals surface area (Å²) in [4.78, 5) is 1.14. The summed E-state index contributed by atoms with van der Waals surface area (Å²) in [5.74, 6) is 0. The average molecular weight is 298 g/mol. The third kappa shape index (κ3) is 9.40. The second-order valence-electron chi connectivity index (χ2n) is 5.41. The SMILES string of the molecule is CC.Cc1ccc(SOC(C)(C)CCOC(C)C)cc1. The summed E-state index contributed by atoms with van der Waals surface area (Å²) in [6.45, 7) is 15.1. The Kier molecular flexibility index (Phi) is 9.99. The molecule has 0 fully saturated rings. The Hall–Kier alpha value is -0.510. The van der Waals surface area contributed by atoms with E-state index in [1.807, 2.05) is 13.8 Å². The molecule has 0 aliphatic heterocycles. The molecule has 0 aliphatic carbocycles. The van der Waals surface area contributed by atoms with E-state index in [0.717, 1.165) is 17.9 Å². The Morgan fingerprint density at radius 2 is 1.65 bits per heavy atom. The second-order valence-corrected chi connectivity index (χ2v) is 6.21. The lowest BCUT2D eigenvalue weighted by Crippen LogP contribution is -2.24. The zero-order valence-corrected chi connectivity index (χ0v) is 14.8. The van der Waals surface area contributed by atoms with Crippen LogP contribution in [-0.2, 0) is 8.92 Å². The molecule has 0 aromatic heterocycles.